The summed E-state index contributed by atoms with van der Waals surface area (Å²) in [7, 11) is 0. The topological polar surface area (TPSA) is 32.3 Å². The van der Waals surface area contributed by atoms with Crippen LogP contribution < -0.4 is 5.32 Å². The Kier molecular flexibility index (Phi) is 6.02. The fourth-order valence-electron chi connectivity index (χ4n) is 4.33. The quantitative estimate of drug-likeness (QED) is 0.793. The maximum atomic E-state index is 13.3. The van der Waals surface area contributed by atoms with Gasteiger partial charge in [-0.15, -0.1) is 0 Å². The van der Waals surface area contributed by atoms with Gasteiger partial charge in [-0.05, 0) is 36.1 Å². The fraction of sp³-hybridized carbons (Fsp3) is 0.435. The lowest BCUT2D eigenvalue weighted by atomic mass is 9.64. The standard InChI is InChI=1S/C23H27FN2OS/c24-20-9-7-19(8-10-20)23(11-4-12-23)17-25-22(27)21(18-5-2-1-3-6-18)26-13-15-28-16-14-26/h1-3,5-10,21H,4,11-17H2,(H,25,27). The Morgan fingerprint density at radius 2 is 1.75 bits per heavy atom. The largest absolute Gasteiger partial charge is 0.354 e. The van der Waals surface area contributed by atoms with Gasteiger partial charge in [0.05, 0.1) is 0 Å². The lowest BCUT2D eigenvalue weighted by Crippen LogP contribution is -2.50. The van der Waals surface area contributed by atoms with Crippen molar-refractivity contribution >= 4 is 17.7 Å². The van der Waals surface area contributed by atoms with Crippen LogP contribution in [0.5, 0.6) is 0 Å². The molecule has 2 aliphatic rings. The molecule has 28 heavy (non-hydrogen) atoms. The van der Waals surface area contributed by atoms with Gasteiger partial charge in [0.1, 0.15) is 11.9 Å². The van der Waals surface area contributed by atoms with E-state index < -0.39 is 0 Å². The van der Waals surface area contributed by atoms with Gasteiger partial charge in [-0.2, -0.15) is 11.8 Å². The van der Waals surface area contributed by atoms with Crippen LogP contribution in [0.3, 0.4) is 0 Å². The summed E-state index contributed by atoms with van der Waals surface area (Å²) in [6.45, 7) is 2.48. The van der Waals surface area contributed by atoms with Gasteiger partial charge in [-0.25, -0.2) is 4.39 Å². The molecule has 4 rings (SSSR count). The molecule has 0 spiro atoms. The Morgan fingerprint density at radius 1 is 1.07 bits per heavy atom. The zero-order valence-corrected chi connectivity index (χ0v) is 16.9. The first-order valence-corrected chi connectivity index (χ1v) is 11.2. The van der Waals surface area contributed by atoms with E-state index in [1.807, 2.05) is 54.2 Å². The van der Waals surface area contributed by atoms with Crippen molar-refractivity contribution in [3.05, 3.63) is 71.5 Å². The second-order valence-electron chi connectivity index (χ2n) is 7.82. The molecule has 0 aromatic heterocycles. The SMILES string of the molecule is O=C(NCC1(c2ccc(F)cc2)CCC1)C(c1ccccc1)N1CCSCC1. The third-order valence-corrected chi connectivity index (χ3v) is 7.09. The first-order chi connectivity index (χ1) is 13.7. The van der Waals surface area contributed by atoms with Crippen molar-refractivity contribution in [2.75, 3.05) is 31.1 Å². The van der Waals surface area contributed by atoms with Crippen LogP contribution in [0.4, 0.5) is 4.39 Å². The normalized spacial score (nSPS) is 20.2. The summed E-state index contributed by atoms with van der Waals surface area (Å²) in [5.41, 5.74) is 2.13. The van der Waals surface area contributed by atoms with Crippen molar-refractivity contribution < 1.29 is 9.18 Å². The van der Waals surface area contributed by atoms with Crippen LogP contribution in [-0.2, 0) is 10.2 Å². The van der Waals surface area contributed by atoms with E-state index in [1.165, 1.54) is 12.1 Å². The first kappa shape index (κ1) is 19.5. The molecule has 1 atom stereocenters. The van der Waals surface area contributed by atoms with Crippen LogP contribution in [0, 0.1) is 5.82 Å². The maximum absolute atomic E-state index is 13.3. The molecule has 1 saturated heterocycles. The summed E-state index contributed by atoms with van der Waals surface area (Å²) < 4.78 is 13.3. The van der Waals surface area contributed by atoms with E-state index in [-0.39, 0.29) is 23.2 Å². The van der Waals surface area contributed by atoms with Gasteiger partial charge in [0.25, 0.3) is 0 Å². The molecule has 1 N–H and O–H groups in total. The number of carbonyl (C=O) groups excluding carboxylic acids is 1. The van der Waals surface area contributed by atoms with E-state index in [0.717, 1.165) is 55.0 Å². The molecular weight excluding hydrogens is 371 g/mol. The van der Waals surface area contributed by atoms with E-state index in [4.69, 9.17) is 0 Å². The summed E-state index contributed by atoms with van der Waals surface area (Å²) in [4.78, 5) is 15.6. The molecule has 1 unspecified atom stereocenters. The molecule has 0 radical (unpaired) electrons. The zero-order chi connectivity index (χ0) is 19.4. The van der Waals surface area contributed by atoms with Crippen molar-refractivity contribution in [3.63, 3.8) is 0 Å². The molecule has 5 heteroatoms. The lowest BCUT2D eigenvalue weighted by molar-refractivity contribution is -0.127. The molecule has 148 valence electrons. The average Bonchev–Trinajstić information content (AvgIpc) is 2.70. The monoisotopic (exact) mass is 398 g/mol. The Bertz CT molecular complexity index is 786. The summed E-state index contributed by atoms with van der Waals surface area (Å²) in [6, 6.07) is 16.6. The number of hydrogen-bond donors (Lipinski definition) is 1. The number of hydrogen-bond acceptors (Lipinski definition) is 3. The minimum Gasteiger partial charge on any atom is -0.354 e. The second-order valence-corrected chi connectivity index (χ2v) is 9.04. The molecule has 1 aliphatic carbocycles. The number of amides is 1. The van der Waals surface area contributed by atoms with Crippen LogP contribution in [0.1, 0.15) is 36.4 Å². The minimum atomic E-state index is -0.243. The van der Waals surface area contributed by atoms with Crippen molar-refractivity contribution in [1.82, 2.24) is 10.2 Å². The predicted octanol–water partition coefficient (Wildman–Crippen LogP) is 4.15. The van der Waals surface area contributed by atoms with E-state index in [1.54, 1.807) is 0 Å². The Labute approximate surface area is 170 Å². The van der Waals surface area contributed by atoms with Gasteiger partial charge in [-0.1, -0.05) is 48.9 Å². The van der Waals surface area contributed by atoms with Crippen molar-refractivity contribution in [2.24, 2.45) is 0 Å². The second kappa shape index (κ2) is 8.66. The number of thioether (sulfide) groups is 1. The van der Waals surface area contributed by atoms with E-state index in [2.05, 4.69) is 10.2 Å². The highest BCUT2D eigenvalue weighted by Crippen LogP contribution is 2.43. The van der Waals surface area contributed by atoms with Crippen molar-refractivity contribution in [3.8, 4) is 0 Å². The number of nitrogens with one attached hydrogen (secondary N) is 1. The van der Waals surface area contributed by atoms with Gasteiger partial charge in [0, 0.05) is 36.6 Å². The molecule has 1 heterocycles. The molecule has 2 aromatic carbocycles. The summed E-state index contributed by atoms with van der Waals surface area (Å²) in [5.74, 6) is 1.99. The molecular formula is C23H27FN2OS. The zero-order valence-electron chi connectivity index (χ0n) is 16.1. The van der Waals surface area contributed by atoms with E-state index in [9.17, 15) is 9.18 Å². The van der Waals surface area contributed by atoms with Crippen LogP contribution >= 0.6 is 11.8 Å². The lowest BCUT2D eigenvalue weighted by Gasteiger charge is -2.43. The molecule has 1 saturated carbocycles. The van der Waals surface area contributed by atoms with E-state index >= 15 is 0 Å². The number of rotatable bonds is 6. The number of benzene rings is 2. The average molecular weight is 399 g/mol. The minimum absolute atomic E-state index is 0.0532. The predicted molar refractivity (Wildman–Crippen MR) is 113 cm³/mol. The highest BCUT2D eigenvalue weighted by molar-refractivity contribution is 7.99. The van der Waals surface area contributed by atoms with Gasteiger partial charge in [0.2, 0.25) is 5.91 Å². The number of nitrogens with zero attached hydrogens (tertiary/aromatic N) is 1. The van der Waals surface area contributed by atoms with Crippen molar-refractivity contribution in [2.45, 2.75) is 30.7 Å². The van der Waals surface area contributed by atoms with Crippen molar-refractivity contribution in [1.29, 1.82) is 0 Å². The van der Waals surface area contributed by atoms with Crippen LogP contribution in [0.2, 0.25) is 0 Å². The van der Waals surface area contributed by atoms with Crippen LogP contribution in [-0.4, -0.2) is 41.9 Å². The maximum Gasteiger partial charge on any atom is 0.241 e. The van der Waals surface area contributed by atoms with E-state index in [0.29, 0.717) is 6.54 Å². The first-order valence-electron chi connectivity index (χ1n) is 10.1. The van der Waals surface area contributed by atoms with Gasteiger partial charge in [0.15, 0.2) is 0 Å². The van der Waals surface area contributed by atoms with Crippen LogP contribution in [0.15, 0.2) is 54.6 Å². The number of carbonyl (C=O) groups is 1. The third-order valence-electron chi connectivity index (χ3n) is 6.14. The smallest absolute Gasteiger partial charge is 0.241 e. The summed E-state index contributed by atoms with van der Waals surface area (Å²) in [5, 5.41) is 3.25. The highest BCUT2D eigenvalue weighted by atomic mass is 32.2. The molecule has 1 aliphatic heterocycles. The van der Waals surface area contributed by atoms with Crippen LogP contribution in [0.25, 0.3) is 0 Å². The number of halogens is 1. The Balaban J connectivity index is 1.50. The molecule has 1 amide bonds. The molecule has 2 fully saturated rings. The summed E-state index contributed by atoms with van der Waals surface area (Å²) in [6.07, 6.45) is 3.23. The summed E-state index contributed by atoms with van der Waals surface area (Å²) >= 11 is 1.95. The Morgan fingerprint density at radius 3 is 2.36 bits per heavy atom. The van der Waals surface area contributed by atoms with Gasteiger partial charge in [-0.3, -0.25) is 9.69 Å². The van der Waals surface area contributed by atoms with Gasteiger partial charge >= 0.3 is 0 Å². The third kappa shape index (κ3) is 4.11. The molecule has 2 aromatic rings. The highest BCUT2D eigenvalue weighted by Gasteiger charge is 2.40. The Hall–Kier alpha value is -1.85. The molecule has 3 nitrogen and oxygen atoms in total. The molecule has 0 bridgehead atoms. The fourth-order valence-corrected chi connectivity index (χ4v) is 5.26. The van der Waals surface area contributed by atoms with Gasteiger partial charge < -0.3 is 5.32 Å².